The first-order valence-electron chi connectivity index (χ1n) is 6.80. The highest BCUT2D eigenvalue weighted by Gasteiger charge is 2.17. The summed E-state index contributed by atoms with van der Waals surface area (Å²) in [5, 5.41) is 0.440. The van der Waals surface area contributed by atoms with Crippen LogP contribution in [0.4, 0.5) is 4.39 Å². The van der Waals surface area contributed by atoms with Gasteiger partial charge in [-0.3, -0.25) is 4.21 Å². The van der Waals surface area contributed by atoms with Crippen LogP contribution in [-0.2, 0) is 22.3 Å². The molecule has 22 heavy (non-hydrogen) atoms. The molecule has 2 aromatic rings. The third-order valence-corrected chi connectivity index (χ3v) is 4.83. The van der Waals surface area contributed by atoms with Gasteiger partial charge >= 0.3 is 0 Å². The minimum Gasteiger partial charge on any atom is -0.486 e. The number of hydrogen-bond acceptors (Lipinski definition) is 3. The van der Waals surface area contributed by atoms with E-state index in [-0.39, 0.29) is 17.3 Å². The van der Waals surface area contributed by atoms with Crippen LogP contribution < -0.4 is 9.47 Å². The molecule has 3 rings (SSSR count). The summed E-state index contributed by atoms with van der Waals surface area (Å²) in [6.45, 7) is 0.927. The Hall–Kier alpha value is -1.59. The van der Waals surface area contributed by atoms with Gasteiger partial charge in [0.15, 0.2) is 11.5 Å². The summed E-state index contributed by atoms with van der Waals surface area (Å²) >= 11 is 6.15. The zero-order valence-electron chi connectivity index (χ0n) is 11.7. The van der Waals surface area contributed by atoms with Crippen molar-refractivity contribution in [2.45, 2.75) is 11.5 Å². The lowest BCUT2D eigenvalue weighted by atomic mass is 10.2. The second-order valence-electron chi connectivity index (χ2n) is 4.92. The summed E-state index contributed by atoms with van der Waals surface area (Å²) in [4.78, 5) is 0. The maximum Gasteiger partial charge on any atom is 0.179 e. The number of fused-ring (bicyclic) bond motifs is 1. The molecule has 0 aromatic heterocycles. The van der Waals surface area contributed by atoms with Crippen molar-refractivity contribution in [3.8, 4) is 11.5 Å². The van der Waals surface area contributed by atoms with Crippen LogP contribution in [0.2, 0.25) is 5.02 Å². The fourth-order valence-electron chi connectivity index (χ4n) is 2.27. The molecule has 0 bridgehead atoms. The molecule has 1 unspecified atom stereocenters. The van der Waals surface area contributed by atoms with E-state index in [1.165, 1.54) is 6.07 Å². The van der Waals surface area contributed by atoms with E-state index in [4.69, 9.17) is 21.1 Å². The minimum atomic E-state index is -1.24. The molecule has 1 aliphatic heterocycles. The Bertz CT molecular complexity index is 721. The quantitative estimate of drug-likeness (QED) is 0.851. The summed E-state index contributed by atoms with van der Waals surface area (Å²) in [6, 6.07) is 9.85. The number of halogens is 2. The molecule has 2 aromatic carbocycles. The van der Waals surface area contributed by atoms with Gasteiger partial charge in [-0.25, -0.2) is 4.39 Å². The van der Waals surface area contributed by atoms with Crippen molar-refractivity contribution in [2.75, 3.05) is 13.2 Å². The van der Waals surface area contributed by atoms with E-state index in [9.17, 15) is 8.60 Å². The average Bonchev–Trinajstić information content (AvgIpc) is 2.49. The second kappa shape index (κ2) is 6.67. The number of hydrogen-bond donors (Lipinski definition) is 0. The van der Waals surface area contributed by atoms with Crippen LogP contribution in [0.25, 0.3) is 0 Å². The summed E-state index contributed by atoms with van der Waals surface area (Å²) in [6.07, 6.45) is 0. The van der Waals surface area contributed by atoms with Crippen LogP contribution in [0.5, 0.6) is 11.5 Å². The monoisotopic (exact) mass is 340 g/mol. The van der Waals surface area contributed by atoms with Crippen LogP contribution in [-0.4, -0.2) is 17.4 Å². The van der Waals surface area contributed by atoms with Crippen LogP contribution in [0.3, 0.4) is 0 Å². The first-order chi connectivity index (χ1) is 10.6. The molecule has 0 N–H and O–H groups in total. The van der Waals surface area contributed by atoms with E-state index in [2.05, 4.69) is 0 Å². The Morgan fingerprint density at radius 3 is 2.73 bits per heavy atom. The van der Waals surface area contributed by atoms with Gasteiger partial charge in [0.1, 0.15) is 19.0 Å². The molecule has 0 aliphatic carbocycles. The van der Waals surface area contributed by atoms with Crippen molar-refractivity contribution < 1.29 is 18.1 Å². The van der Waals surface area contributed by atoms with E-state index < -0.39 is 10.8 Å². The normalized spacial score (nSPS) is 14.6. The van der Waals surface area contributed by atoms with Gasteiger partial charge in [0.25, 0.3) is 0 Å². The topological polar surface area (TPSA) is 35.5 Å². The standard InChI is InChI=1S/C16H14ClFO3S/c17-13-7-11(8-15-16(13)21-6-5-20-15)9-22(19)10-12-3-1-2-4-14(12)18/h1-4,7-8H,5-6,9-10H2. The highest BCUT2D eigenvalue weighted by atomic mass is 35.5. The lowest BCUT2D eigenvalue weighted by molar-refractivity contribution is 0.171. The summed E-state index contributed by atoms with van der Waals surface area (Å²) in [7, 11) is -1.24. The van der Waals surface area contributed by atoms with E-state index in [1.807, 2.05) is 0 Å². The van der Waals surface area contributed by atoms with Gasteiger partial charge in [-0.05, 0) is 23.8 Å². The molecule has 116 valence electrons. The van der Waals surface area contributed by atoms with Gasteiger partial charge in [-0.15, -0.1) is 0 Å². The first-order valence-corrected chi connectivity index (χ1v) is 8.66. The second-order valence-corrected chi connectivity index (χ2v) is 6.79. The predicted molar refractivity (Wildman–Crippen MR) is 84.4 cm³/mol. The molecule has 6 heteroatoms. The number of benzene rings is 2. The van der Waals surface area contributed by atoms with Crippen molar-refractivity contribution in [1.82, 2.24) is 0 Å². The molecule has 0 spiro atoms. The van der Waals surface area contributed by atoms with Gasteiger partial charge in [-0.1, -0.05) is 29.8 Å². The minimum absolute atomic E-state index is 0.165. The first kappa shape index (κ1) is 15.3. The smallest absolute Gasteiger partial charge is 0.179 e. The van der Waals surface area contributed by atoms with Crippen molar-refractivity contribution in [1.29, 1.82) is 0 Å². The van der Waals surface area contributed by atoms with E-state index >= 15 is 0 Å². The fourth-order valence-corrected chi connectivity index (χ4v) is 3.78. The largest absolute Gasteiger partial charge is 0.486 e. The molecule has 1 aliphatic rings. The molecule has 0 fully saturated rings. The zero-order valence-corrected chi connectivity index (χ0v) is 13.3. The highest BCUT2D eigenvalue weighted by Crippen LogP contribution is 2.38. The molecular formula is C16H14ClFO3S. The third kappa shape index (κ3) is 3.42. The van der Waals surface area contributed by atoms with Crippen molar-refractivity contribution in [2.24, 2.45) is 0 Å². The lowest BCUT2D eigenvalue weighted by Gasteiger charge is -2.20. The molecule has 3 nitrogen and oxygen atoms in total. The summed E-state index contributed by atoms with van der Waals surface area (Å²) < 4.78 is 36.8. The fraction of sp³-hybridized carbons (Fsp3) is 0.250. The third-order valence-electron chi connectivity index (χ3n) is 3.26. The van der Waals surface area contributed by atoms with Crippen LogP contribution >= 0.6 is 11.6 Å². The van der Waals surface area contributed by atoms with Crippen molar-refractivity contribution in [3.63, 3.8) is 0 Å². The van der Waals surface area contributed by atoms with Gasteiger partial charge < -0.3 is 9.47 Å². The van der Waals surface area contributed by atoms with E-state index in [1.54, 1.807) is 30.3 Å². The highest BCUT2D eigenvalue weighted by molar-refractivity contribution is 7.83. The Morgan fingerprint density at radius 1 is 1.14 bits per heavy atom. The van der Waals surface area contributed by atoms with Crippen LogP contribution in [0, 0.1) is 5.82 Å². The summed E-state index contributed by atoms with van der Waals surface area (Å²) in [5.41, 5.74) is 1.23. The van der Waals surface area contributed by atoms with E-state index in [0.29, 0.717) is 35.3 Å². The zero-order chi connectivity index (χ0) is 15.5. The number of rotatable bonds is 4. The Morgan fingerprint density at radius 2 is 1.91 bits per heavy atom. The van der Waals surface area contributed by atoms with Crippen molar-refractivity contribution in [3.05, 3.63) is 58.4 Å². The Balaban J connectivity index is 1.74. The number of ether oxygens (including phenoxy) is 2. The molecule has 1 heterocycles. The lowest BCUT2D eigenvalue weighted by Crippen LogP contribution is -2.16. The van der Waals surface area contributed by atoms with Gasteiger partial charge in [0, 0.05) is 22.1 Å². The SMILES string of the molecule is O=S(Cc1cc(Cl)c2c(c1)OCCO2)Cc1ccccc1F. The molecule has 0 radical (unpaired) electrons. The van der Waals surface area contributed by atoms with Crippen molar-refractivity contribution >= 4 is 22.4 Å². The van der Waals surface area contributed by atoms with Gasteiger partial charge in [0.05, 0.1) is 10.8 Å². The summed E-state index contributed by atoms with van der Waals surface area (Å²) in [5.74, 6) is 1.20. The Labute approximate surface area is 135 Å². The van der Waals surface area contributed by atoms with Gasteiger partial charge in [-0.2, -0.15) is 0 Å². The maximum atomic E-state index is 13.6. The Kier molecular flexibility index (Phi) is 4.64. The molecule has 0 saturated heterocycles. The maximum absolute atomic E-state index is 13.6. The van der Waals surface area contributed by atoms with Crippen LogP contribution in [0.15, 0.2) is 36.4 Å². The molecule has 1 atom stereocenters. The molecular weight excluding hydrogens is 327 g/mol. The molecule has 0 amide bonds. The van der Waals surface area contributed by atoms with E-state index in [0.717, 1.165) is 5.56 Å². The van der Waals surface area contributed by atoms with Crippen LogP contribution in [0.1, 0.15) is 11.1 Å². The predicted octanol–water partition coefficient (Wildman–Crippen LogP) is 3.70. The van der Waals surface area contributed by atoms with Gasteiger partial charge in [0.2, 0.25) is 0 Å². The molecule has 0 saturated carbocycles. The average molecular weight is 341 g/mol.